The molecule has 2 aliphatic carbocycles. The average molecular weight is 659 g/mol. The molecule has 248 valence electrons. The van der Waals surface area contributed by atoms with E-state index in [1.54, 1.807) is 12.2 Å². The minimum Gasteiger partial charge on any atom is -0.490 e. The van der Waals surface area contributed by atoms with Crippen LogP contribution in [-0.4, -0.2) is 50.8 Å². The number of hydrogen-bond donors (Lipinski definition) is 2. The van der Waals surface area contributed by atoms with Crippen molar-refractivity contribution >= 4 is 27.3 Å². The number of aliphatic hydroxyl groups is 1. The summed E-state index contributed by atoms with van der Waals surface area (Å²) in [6.07, 6.45) is 14.7. The van der Waals surface area contributed by atoms with Crippen molar-refractivity contribution < 1.29 is 23.0 Å². The van der Waals surface area contributed by atoms with Crippen molar-refractivity contribution in [1.29, 1.82) is 0 Å². The second-order valence-electron chi connectivity index (χ2n) is 14.0. The molecule has 45 heavy (non-hydrogen) atoms. The van der Waals surface area contributed by atoms with Gasteiger partial charge in [-0.2, -0.15) is 4.72 Å². The second kappa shape index (κ2) is 14.3. The van der Waals surface area contributed by atoms with Gasteiger partial charge in [0.15, 0.2) is 6.23 Å². The molecule has 1 aromatic rings. The van der Waals surface area contributed by atoms with Gasteiger partial charge in [-0.1, -0.05) is 69.2 Å². The molecule has 8 atom stereocenters. The molecular formula is C36H51ClN2O5S. The van der Waals surface area contributed by atoms with Crippen LogP contribution in [0.3, 0.4) is 0 Å². The molecule has 7 nitrogen and oxygen atoms in total. The van der Waals surface area contributed by atoms with Gasteiger partial charge in [-0.25, -0.2) is 8.42 Å². The van der Waals surface area contributed by atoms with Crippen molar-refractivity contribution in [1.82, 2.24) is 4.72 Å². The van der Waals surface area contributed by atoms with Crippen LogP contribution in [0.4, 0.5) is 5.69 Å². The van der Waals surface area contributed by atoms with E-state index in [1.165, 1.54) is 0 Å². The number of nitrogens with zero attached hydrogens (tertiary/aromatic N) is 1. The first-order valence-electron chi connectivity index (χ1n) is 16.6. The number of fused-ring (bicyclic) bond motifs is 2. The summed E-state index contributed by atoms with van der Waals surface area (Å²) in [5.41, 5.74) is 1.73. The van der Waals surface area contributed by atoms with Crippen molar-refractivity contribution in [3.8, 4) is 5.75 Å². The second-order valence-corrected chi connectivity index (χ2v) is 16.4. The van der Waals surface area contributed by atoms with E-state index in [9.17, 15) is 13.5 Å². The summed E-state index contributed by atoms with van der Waals surface area (Å²) in [5, 5.41) is 11.0. The van der Waals surface area contributed by atoms with Gasteiger partial charge >= 0.3 is 0 Å². The van der Waals surface area contributed by atoms with Crippen LogP contribution in [0.15, 0.2) is 66.8 Å². The van der Waals surface area contributed by atoms with Crippen LogP contribution < -0.4 is 14.4 Å². The highest BCUT2D eigenvalue weighted by Crippen LogP contribution is 2.46. The highest BCUT2D eigenvalue weighted by atomic mass is 35.5. The Morgan fingerprint density at radius 3 is 2.64 bits per heavy atom. The standard InChI is InChI=1S/C36H51ClN2O5S/c1-6-10-31(40)29-15-13-26(29)22-39-19-9-8-12-27-21-28(37)17-18-36(27,5)23-43-32-16-14-25(20-30(32)39)34-35(44-34)38-45(41,42)33(11-7-2)24(3)4/h6-7,14,16-18,20-21,24,26-27,29,31,33-35,38,40H,1-2,8-13,15,19,22-23H2,3-5H3/t26-,27?,29+,31+,33+,34?,35?,36?/m0/s1. The third kappa shape index (κ3) is 7.90. The predicted octanol–water partition coefficient (Wildman–Crippen LogP) is 7.25. The summed E-state index contributed by atoms with van der Waals surface area (Å²) in [6, 6.07) is 6.12. The Morgan fingerprint density at radius 1 is 1.18 bits per heavy atom. The highest BCUT2D eigenvalue weighted by molar-refractivity contribution is 7.90. The number of sulfonamides is 1. The molecule has 1 saturated carbocycles. The van der Waals surface area contributed by atoms with E-state index in [1.807, 2.05) is 32.1 Å². The molecule has 2 N–H and O–H groups in total. The number of halogens is 1. The smallest absolute Gasteiger partial charge is 0.217 e. The first kappa shape index (κ1) is 34.2. The molecule has 0 bridgehead atoms. The quantitative estimate of drug-likeness (QED) is 0.182. The maximum Gasteiger partial charge on any atom is 0.217 e. The molecule has 4 aliphatic rings. The number of rotatable bonds is 12. The van der Waals surface area contributed by atoms with Gasteiger partial charge < -0.3 is 19.5 Å². The molecule has 4 unspecified atom stereocenters. The van der Waals surface area contributed by atoms with Crippen molar-refractivity contribution in [2.75, 3.05) is 24.6 Å². The fourth-order valence-electron chi connectivity index (χ4n) is 7.27. The SMILES string of the molecule is C=CC[C@@H](O)[C@@H]1CC[C@H]1CN1CCCCC2C=C(Cl)C=CC2(C)COc2ccc(C3OC3NS(=O)(=O)[C@H](CC=C)C(C)C)cc21. The van der Waals surface area contributed by atoms with Crippen LogP contribution in [0, 0.1) is 29.1 Å². The van der Waals surface area contributed by atoms with Gasteiger partial charge in [-0.05, 0) is 86.0 Å². The summed E-state index contributed by atoms with van der Waals surface area (Å²) in [6.45, 7) is 15.8. The summed E-state index contributed by atoms with van der Waals surface area (Å²) in [5.74, 6) is 1.67. The minimum atomic E-state index is -3.60. The number of allylic oxidation sites excluding steroid dienone is 4. The number of benzene rings is 1. The summed E-state index contributed by atoms with van der Waals surface area (Å²) >= 11 is 6.44. The zero-order valence-electron chi connectivity index (χ0n) is 27.0. The van der Waals surface area contributed by atoms with E-state index in [2.05, 4.69) is 47.9 Å². The van der Waals surface area contributed by atoms with Gasteiger partial charge in [-0.15, -0.1) is 13.2 Å². The molecule has 2 aliphatic heterocycles. The molecule has 1 aromatic carbocycles. The van der Waals surface area contributed by atoms with Crippen LogP contribution in [0.2, 0.25) is 0 Å². The van der Waals surface area contributed by atoms with Gasteiger partial charge in [0.1, 0.15) is 11.9 Å². The minimum absolute atomic E-state index is 0.0516. The monoisotopic (exact) mass is 658 g/mol. The Hall–Kier alpha value is -2.10. The lowest BCUT2D eigenvalue weighted by Crippen LogP contribution is -2.43. The molecule has 2 heterocycles. The topological polar surface area (TPSA) is 91.4 Å². The van der Waals surface area contributed by atoms with Crippen LogP contribution in [-0.2, 0) is 14.8 Å². The zero-order valence-corrected chi connectivity index (χ0v) is 28.6. The van der Waals surface area contributed by atoms with Gasteiger partial charge in [0.05, 0.1) is 23.6 Å². The number of ether oxygens (including phenoxy) is 2. The number of anilines is 1. The third-order valence-corrected chi connectivity index (χ3v) is 12.7. The fourth-order valence-corrected chi connectivity index (χ4v) is 9.27. The first-order valence-corrected chi connectivity index (χ1v) is 18.5. The van der Waals surface area contributed by atoms with Crippen molar-refractivity contribution in [3.63, 3.8) is 0 Å². The third-order valence-electron chi connectivity index (χ3n) is 10.4. The number of epoxide rings is 1. The Labute approximate surface area is 275 Å². The highest BCUT2D eigenvalue weighted by Gasteiger charge is 2.45. The van der Waals surface area contributed by atoms with E-state index >= 15 is 0 Å². The van der Waals surface area contributed by atoms with Gasteiger partial charge in [0.2, 0.25) is 10.0 Å². The molecule has 1 saturated heterocycles. The molecule has 5 rings (SSSR count). The maximum atomic E-state index is 13.2. The predicted molar refractivity (Wildman–Crippen MR) is 183 cm³/mol. The number of nitrogens with one attached hydrogen (secondary N) is 1. The Bertz CT molecular complexity index is 1390. The molecule has 0 aromatic heterocycles. The molecule has 2 fully saturated rings. The normalized spacial score (nSPS) is 31.3. The van der Waals surface area contributed by atoms with E-state index < -0.39 is 21.5 Å². The summed E-state index contributed by atoms with van der Waals surface area (Å²) in [4.78, 5) is 2.42. The number of hydrogen-bond acceptors (Lipinski definition) is 6. The largest absolute Gasteiger partial charge is 0.490 e. The zero-order chi connectivity index (χ0) is 32.4. The van der Waals surface area contributed by atoms with E-state index in [0.29, 0.717) is 31.3 Å². The van der Waals surface area contributed by atoms with Crippen molar-refractivity contribution in [2.24, 2.45) is 29.1 Å². The van der Waals surface area contributed by atoms with Gasteiger partial charge in [0.25, 0.3) is 0 Å². The van der Waals surface area contributed by atoms with Crippen LogP contribution >= 0.6 is 11.6 Å². The van der Waals surface area contributed by atoms with E-state index in [-0.39, 0.29) is 29.5 Å². The molecular weight excluding hydrogens is 608 g/mol. The first-order chi connectivity index (χ1) is 21.5. The van der Waals surface area contributed by atoms with Crippen molar-refractivity contribution in [2.45, 2.75) is 89.4 Å². The summed E-state index contributed by atoms with van der Waals surface area (Å²) in [7, 11) is -3.60. The lowest BCUT2D eigenvalue weighted by molar-refractivity contribution is 0.0181. The lowest BCUT2D eigenvalue weighted by Gasteiger charge is -2.43. The average Bonchev–Trinajstić information content (AvgIpc) is 3.73. The summed E-state index contributed by atoms with van der Waals surface area (Å²) < 4.78 is 41.8. The molecule has 9 heteroatoms. The fraction of sp³-hybridized carbons (Fsp3) is 0.611. The van der Waals surface area contributed by atoms with Crippen molar-refractivity contribution in [3.05, 3.63) is 72.3 Å². The molecule has 0 spiro atoms. The van der Waals surface area contributed by atoms with Crippen LogP contribution in [0.25, 0.3) is 0 Å². The van der Waals surface area contributed by atoms with E-state index in [4.69, 9.17) is 21.1 Å². The number of aliphatic hydroxyl groups excluding tert-OH is 1. The Morgan fingerprint density at radius 2 is 1.96 bits per heavy atom. The maximum absolute atomic E-state index is 13.2. The van der Waals surface area contributed by atoms with Crippen LogP contribution in [0.1, 0.15) is 77.4 Å². The van der Waals surface area contributed by atoms with E-state index in [0.717, 1.165) is 67.2 Å². The lowest BCUT2D eigenvalue weighted by atomic mass is 9.69. The van der Waals surface area contributed by atoms with Crippen LogP contribution in [0.5, 0.6) is 5.75 Å². The van der Waals surface area contributed by atoms with Gasteiger partial charge in [-0.3, -0.25) is 0 Å². The Balaban J connectivity index is 1.41. The molecule has 0 amide bonds. The molecule has 0 radical (unpaired) electrons. The Kier molecular flexibility index (Phi) is 10.9. The van der Waals surface area contributed by atoms with Gasteiger partial charge in [0, 0.05) is 23.5 Å².